The molecule has 0 atom stereocenters. The molecule has 0 bridgehead atoms. The predicted molar refractivity (Wildman–Crippen MR) is 49.2 cm³/mol. The second kappa shape index (κ2) is 3.66. The van der Waals surface area contributed by atoms with Crippen LogP contribution in [0.5, 0.6) is 0 Å². The van der Waals surface area contributed by atoms with Gasteiger partial charge in [0.2, 0.25) is 0 Å². The van der Waals surface area contributed by atoms with Gasteiger partial charge in [-0.1, -0.05) is 0 Å². The number of hydrogen-bond acceptors (Lipinski definition) is 2. The van der Waals surface area contributed by atoms with Crippen molar-refractivity contribution in [3.8, 4) is 0 Å². The second-order valence-electron chi connectivity index (χ2n) is 2.89. The SMILES string of the molecule is [CH3][Sn][c]1cn2ccc(C(F)(F)F)nc2n1. The van der Waals surface area contributed by atoms with E-state index in [4.69, 9.17) is 0 Å². The molecule has 0 aliphatic heterocycles. The Hall–Kier alpha value is -0.791. The first-order chi connectivity index (χ1) is 7.00. The van der Waals surface area contributed by atoms with Crippen LogP contribution in [0.25, 0.3) is 5.78 Å². The monoisotopic (exact) mass is 321 g/mol. The quantitative estimate of drug-likeness (QED) is 0.738. The summed E-state index contributed by atoms with van der Waals surface area (Å²) in [4.78, 5) is 9.55. The summed E-state index contributed by atoms with van der Waals surface area (Å²) < 4.78 is 39.4. The molecule has 0 saturated carbocycles. The zero-order chi connectivity index (χ0) is 11.1. The number of halogens is 3. The van der Waals surface area contributed by atoms with Gasteiger partial charge in [-0.3, -0.25) is 0 Å². The molecule has 2 heterocycles. The van der Waals surface area contributed by atoms with E-state index in [0.717, 1.165) is 9.78 Å². The van der Waals surface area contributed by atoms with Gasteiger partial charge in [0.15, 0.2) is 0 Å². The third-order valence-corrected chi connectivity index (χ3v) is 4.02. The number of hydrogen-bond donors (Lipinski definition) is 0. The fraction of sp³-hybridized carbons (Fsp3) is 0.250. The first kappa shape index (κ1) is 10.7. The van der Waals surface area contributed by atoms with Crippen LogP contribution in [0.3, 0.4) is 0 Å². The van der Waals surface area contributed by atoms with E-state index in [1.807, 2.05) is 0 Å². The normalized spacial score (nSPS) is 12.3. The fourth-order valence-corrected chi connectivity index (χ4v) is 2.52. The molecule has 0 fully saturated rings. The van der Waals surface area contributed by atoms with Crippen molar-refractivity contribution in [3.05, 3.63) is 24.2 Å². The molecule has 0 unspecified atom stereocenters. The number of aromatic nitrogens is 3. The van der Waals surface area contributed by atoms with Gasteiger partial charge < -0.3 is 0 Å². The van der Waals surface area contributed by atoms with Crippen LogP contribution >= 0.6 is 0 Å². The van der Waals surface area contributed by atoms with E-state index >= 15 is 0 Å². The molecule has 0 saturated heterocycles. The molecule has 2 rings (SSSR count). The van der Waals surface area contributed by atoms with E-state index in [9.17, 15) is 13.2 Å². The van der Waals surface area contributed by atoms with E-state index in [0.29, 0.717) is 0 Å². The Labute approximate surface area is 93.6 Å². The molecule has 0 amide bonds. The minimum atomic E-state index is -4.40. The Bertz CT molecular complexity index is 491. The summed E-state index contributed by atoms with van der Waals surface area (Å²) in [7, 11) is 0. The van der Waals surface area contributed by atoms with Crippen LogP contribution < -0.4 is 3.71 Å². The molecular formula is C8H6F3N3Sn. The van der Waals surface area contributed by atoms with Gasteiger partial charge in [0, 0.05) is 0 Å². The first-order valence-corrected chi connectivity index (χ1v) is 8.39. The number of imidazole rings is 1. The van der Waals surface area contributed by atoms with Crippen LogP contribution in [0.1, 0.15) is 5.69 Å². The topological polar surface area (TPSA) is 30.2 Å². The van der Waals surface area contributed by atoms with Crippen LogP contribution in [-0.4, -0.2) is 35.5 Å². The van der Waals surface area contributed by atoms with E-state index in [2.05, 4.69) is 14.9 Å². The van der Waals surface area contributed by atoms with Crippen LogP contribution in [0.15, 0.2) is 18.5 Å². The van der Waals surface area contributed by atoms with Crippen LogP contribution in [0.4, 0.5) is 13.2 Å². The fourth-order valence-electron chi connectivity index (χ4n) is 1.15. The van der Waals surface area contributed by atoms with Crippen molar-refractivity contribution in [2.24, 2.45) is 0 Å². The molecule has 2 aromatic heterocycles. The van der Waals surface area contributed by atoms with Crippen molar-refractivity contribution in [3.63, 3.8) is 0 Å². The Morgan fingerprint density at radius 1 is 1.33 bits per heavy atom. The van der Waals surface area contributed by atoms with Gasteiger partial charge in [0.1, 0.15) is 0 Å². The molecule has 0 aromatic carbocycles. The average Bonchev–Trinajstić information content (AvgIpc) is 2.57. The molecule has 0 aliphatic rings. The Morgan fingerprint density at radius 3 is 2.67 bits per heavy atom. The second-order valence-corrected chi connectivity index (χ2v) is 5.78. The van der Waals surface area contributed by atoms with Gasteiger partial charge in [-0.25, -0.2) is 0 Å². The van der Waals surface area contributed by atoms with Crippen molar-refractivity contribution in [1.29, 1.82) is 0 Å². The van der Waals surface area contributed by atoms with E-state index in [-0.39, 0.29) is 5.78 Å². The molecule has 7 heteroatoms. The Balaban J connectivity index is 2.55. The van der Waals surface area contributed by atoms with Crippen molar-refractivity contribution in [2.75, 3.05) is 0 Å². The Morgan fingerprint density at radius 2 is 2.07 bits per heavy atom. The number of nitrogens with zero attached hydrogens (tertiary/aromatic N) is 3. The van der Waals surface area contributed by atoms with Crippen molar-refractivity contribution in [1.82, 2.24) is 14.4 Å². The van der Waals surface area contributed by atoms with Crippen LogP contribution in [-0.2, 0) is 6.18 Å². The summed E-state index contributed by atoms with van der Waals surface area (Å²) in [6.07, 6.45) is -1.31. The summed E-state index contributed by atoms with van der Waals surface area (Å²) in [5.74, 6) is 0.127. The minimum absolute atomic E-state index is 0.127. The van der Waals surface area contributed by atoms with Gasteiger partial charge in [-0.15, -0.1) is 0 Å². The third kappa shape index (κ3) is 2.09. The summed E-state index contributed by atoms with van der Waals surface area (Å²) in [6, 6.07) is 0.957. The van der Waals surface area contributed by atoms with E-state index < -0.39 is 33.0 Å². The van der Waals surface area contributed by atoms with Crippen molar-refractivity contribution >= 4 is 30.6 Å². The van der Waals surface area contributed by atoms with Gasteiger partial charge in [-0.2, -0.15) is 0 Å². The van der Waals surface area contributed by atoms with Crippen LogP contribution in [0.2, 0.25) is 4.94 Å². The number of rotatable bonds is 1. The summed E-state index contributed by atoms with van der Waals surface area (Å²) in [5.41, 5.74) is -0.895. The maximum atomic E-state index is 12.3. The maximum absolute atomic E-state index is 12.3. The van der Waals surface area contributed by atoms with E-state index in [1.54, 1.807) is 6.20 Å². The van der Waals surface area contributed by atoms with Crippen LogP contribution in [0, 0.1) is 0 Å². The zero-order valence-electron chi connectivity index (χ0n) is 7.71. The molecule has 2 aromatic rings. The Kier molecular flexibility index (Phi) is 2.61. The van der Waals surface area contributed by atoms with Crippen molar-refractivity contribution < 1.29 is 13.2 Å². The molecule has 2 radical (unpaired) electrons. The molecular weight excluding hydrogens is 314 g/mol. The number of alkyl halides is 3. The first-order valence-electron chi connectivity index (χ1n) is 4.11. The molecule has 15 heavy (non-hydrogen) atoms. The summed E-state index contributed by atoms with van der Waals surface area (Å²) >= 11 is -0.723. The van der Waals surface area contributed by atoms with E-state index in [1.165, 1.54) is 10.6 Å². The molecule has 3 nitrogen and oxygen atoms in total. The van der Waals surface area contributed by atoms with Gasteiger partial charge >= 0.3 is 93.4 Å². The molecule has 78 valence electrons. The van der Waals surface area contributed by atoms with Crippen molar-refractivity contribution in [2.45, 2.75) is 11.1 Å². The van der Waals surface area contributed by atoms with Gasteiger partial charge in [-0.05, 0) is 0 Å². The molecule has 0 N–H and O–H groups in total. The van der Waals surface area contributed by atoms with Gasteiger partial charge in [0.05, 0.1) is 0 Å². The third-order valence-electron chi connectivity index (χ3n) is 1.87. The van der Waals surface area contributed by atoms with Gasteiger partial charge in [0.25, 0.3) is 0 Å². The zero-order valence-corrected chi connectivity index (χ0v) is 10.6. The summed E-state index contributed by atoms with van der Waals surface area (Å²) in [5, 5.41) is 0. The number of fused-ring (bicyclic) bond motifs is 1. The summed E-state index contributed by atoms with van der Waals surface area (Å²) in [6.45, 7) is 0. The predicted octanol–water partition coefficient (Wildman–Crippen LogP) is 1.13. The molecule has 0 spiro atoms. The standard InChI is InChI=1S/C7H3F3N3.CH3.Sn/c8-7(9,10)5-1-3-13-4-2-11-6(13)12-5;;/h1,3-4H;1H3;. The molecule has 0 aliphatic carbocycles. The average molecular weight is 320 g/mol.